The molecule has 2 aromatic carbocycles. The molecule has 1 saturated heterocycles. The summed E-state index contributed by atoms with van der Waals surface area (Å²) < 4.78 is 5.16. The second-order valence-electron chi connectivity index (χ2n) is 6.38. The van der Waals surface area contributed by atoms with Crippen LogP contribution in [0.5, 0.6) is 5.75 Å². The molecule has 7 heteroatoms. The first kappa shape index (κ1) is 17.1. The van der Waals surface area contributed by atoms with Crippen LogP contribution in [0.2, 0.25) is 0 Å². The van der Waals surface area contributed by atoms with Crippen molar-refractivity contribution in [1.29, 1.82) is 0 Å². The van der Waals surface area contributed by atoms with Gasteiger partial charge in [-0.2, -0.15) is 10.1 Å². The minimum Gasteiger partial charge on any atom is -0.497 e. The summed E-state index contributed by atoms with van der Waals surface area (Å²) in [6, 6.07) is 16.0. The minimum atomic E-state index is 0.429. The first-order chi connectivity index (χ1) is 13.3. The fraction of sp³-hybridized carbons (Fsp3) is 0.250. The smallest absolute Gasteiger partial charge is 0.249 e. The number of ether oxygens (including phenoxy) is 1. The maximum atomic E-state index is 5.16. The largest absolute Gasteiger partial charge is 0.497 e. The predicted molar refractivity (Wildman–Crippen MR) is 107 cm³/mol. The van der Waals surface area contributed by atoms with Crippen molar-refractivity contribution >= 4 is 28.8 Å². The highest BCUT2D eigenvalue weighted by Crippen LogP contribution is 2.24. The minimum absolute atomic E-state index is 0.429. The van der Waals surface area contributed by atoms with Crippen LogP contribution >= 0.6 is 0 Å². The molecule has 0 saturated carbocycles. The van der Waals surface area contributed by atoms with Crippen molar-refractivity contribution in [3.63, 3.8) is 0 Å². The SMILES string of the molecule is COc1ccc(Nc2nncc(Nc3ccc(N4CCCC4)cc3)n2)cc1. The third-order valence-electron chi connectivity index (χ3n) is 4.52. The summed E-state index contributed by atoms with van der Waals surface area (Å²) in [5.41, 5.74) is 3.10. The average molecular weight is 362 g/mol. The highest BCUT2D eigenvalue weighted by Gasteiger charge is 2.11. The maximum absolute atomic E-state index is 5.16. The van der Waals surface area contributed by atoms with Gasteiger partial charge in [0, 0.05) is 30.2 Å². The zero-order chi connectivity index (χ0) is 18.5. The lowest BCUT2D eigenvalue weighted by Crippen LogP contribution is -2.17. The number of rotatable bonds is 6. The van der Waals surface area contributed by atoms with Crippen LogP contribution < -0.4 is 20.3 Å². The fourth-order valence-electron chi connectivity index (χ4n) is 3.10. The van der Waals surface area contributed by atoms with Crippen molar-refractivity contribution in [2.24, 2.45) is 0 Å². The Labute approximate surface area is 158 Å². The molecule has 4 rings (SSSR count). The Morgan fingerprint density at radius 1 is 0.889 bits per heavy atom. The molecular weight excluding hydrogens is 340 g/mol. The van der Waals surface area contributed by atoms with Crippen molar-refractivity contribution in [3.05, 3.63) is 54.7 Å². The van der Waals surface area contributed by atoms with Gasteiger partial charge in [0.15, 0.2) is 5.82 Å². The van der Waals surface area contributed by atoms with Crippen LogP contribution in [0.15, 0.2) is 54.7 Å². The van der Waals surface area contributed by atoms with Crippen molar-refractivity contribution < 1.29 is 4.74 Å². The molecule has 1 fully saturated rings. The Morgan fingerprint density at radius 2 is 1.56 bits per heavy atom. The summed E-state index contributed by atoms with van der Waals surface area (Å²) in [6.45, 7) is 2.28. The summed E-state index contributed by atoms with van der Waals surface area (Å²) in [4.78, 5) is 6.88. The second kappa shape index (κ2) is 7.90. The molecule has 0 spiro atoms. The number of benzene rings is 2. The van der Waals surface area contributed by atoms with Crippen LogP contribution in [-0.2, 0) is 0 Å². The third-order valence-corrected chi connectivity index (χ3v) is 4.52. The van der Waals surface area contributed by atoms with Crippen molar-refractivity contribution in [3.8, 4) is 5.75 Å². The molecule has 1 aliphatic heterocycles. The lowest BCUT2D eigenvalue weighted by atomic mass is 10.2. The van der Waals surface area contributed by atoms with E-state index in [1.807, 2.05) is 24.3 Å². The molecular formula is C20H22N6O. The lowest BCUT2D eigenvalue weighted by Gasteiger charge is -2.17. The standard InChI is InChI=1S/C20H22N6O/c1-27-18-10-6-16(7-11-18)23-20-24-19(14-21-25-20)22-15-4-8-17(9-5-15)26-12-2-3-13-26/h4-11,14H,2-3,12-13H2,1H3,(H2,22,23,24,25). The molecule has 1 aromatic heterocycles. The monoisotopic (exact) mass is 362 g/mol. The Bertz CT molecular complexity index is 876. The zero-order valence-corrected chi connectivity index (χ0v) is 15.2. The van der Waals surface area contributed by atoms with Gasteiger partial charge in [-0.1, -0.05) is 0 Å². The van der Waals surface area contributed by atoms with Gasteiger partial charge in [-0.15, -0.1) is 5.10 Å². The molecule has 7 nitrogen and oxygen atoms in total. The van der Waals surface area contributed by atoms with Crippen LogP contribution in [0.1, 0.15) is 12.8 Å². The van der Waals surface area contributed by atoms with Gasteiger partial charge < -0.3 is 20.3 Å². The highest BCUT2D eigenvalue weighted by atomic mass is 16.5. The zero-order valence-electron chi connectivity index (χ0n) is 15.2. The van der Waals surface area contributed by atoms with E-state index in [2.05, 4.69) is 55.0 Å². The first-order valence-corrected chi connectivity index (χ1v) is 9.03. The van der Waals surface area contributed by atoms with Gasteiger partial charge in [0.05, 0.1) is 13.3 Å². The summed E-state index contributed by atoms with van der Waals surface area (Å²) in [5, 5.41) is 14.5. The molecule has 1 aliphatic rings. The van der Waals surface area contributed by atoms with E-state index < -0.39 is 0 Å². The summed E-state index contributed by atoms with van der Waals surface area (Å²) >= 11 is 0. The van der Waals surface area contributed by atoms with Crippen LogP contribution in [0.3, 0.4) is 0 Å². The molecule has 0 atom stereocenters. The van der Waals surface area contributed by atoms with Gasteiger partial charge in [0.1, 0.15) is 5.75 Å². The predicted octanol–water partition coefficient (Wildman–Crippen LogP) is 3.97. The van der Waals surface area contributed by atoms with E-state index in [4.69, 9.17) is 4.74 Å². The van der Waals surface area contributed by atoms with Crippen molar-refractivity contribution in [1.82, 2.24) is 15.2 Å². The average Bonchev–Trinajstić information content (AvgIpc) is 3.24. The molecule has 0 amide bonds. The van der Waals surface area contributed by atoms with Crippen LogP contribution in [0, 0.1) is 0 Å². The Kier molecular flexibility index (Phi) is 5.00. The van der Waals surface area contributed by atoms with Gasteiger partial charge in [0.2, 0.25) is 5.95 Å². The van der Waals surface area contributed by atoms with E-state index in [1.54, 1.807) is 13.3 Å². The summed E-state index contributed by atoms with van der Waals surface area (Å²) in [6.07, 6.45) is 4.15. The van der Waals surface area contributed by atoms with Crippen LogP contribution in [-0.4, -0.2) is 35.4 Å². The number of hydrogen-bond acceptors (Lipinski definition) is 7. The van der Waals surface area contributed by atoms with Crippen LogP contribution in [0.25, 0.3) is 0 Å². The van der Waals surface area contributed by atoms with Gasteiger partial charge in [0.25, 0.3) is 0 Å². The maximum Gasteiger partial charge on any atom is 0.249 e. The van der Waals surface area contributed by atoms with E-state index in [1.165, 1.54) is 18.5 Å². The molecule has 27 heavy (non-hydrogen) atoms. The van der Waals surface area contributed by atoms with E-state index in [0.29, 0.717) is 11.8 Å². The lowest BCUT2D eigenvalue weighted by molar-refractivity contribution is 0.415. The Balaban J connectivity index is 1.42. The Hall–Kier alpha value is -3.35. The molecule has 2 N–H and O–H groups in total. The molecule has 0 bridgehead atoms. The number of nitrogens with zero attached hydrogens (tertiary/aromatic N) is 4. The van der Waals surface area contributed by atoms with E-state index >= 15 is 0 Å². The van der Waals surface area contributed by atoms with Gasteiger partial charge in [-0.25, -0.2) is 0 Å². The first-order valence-electron chi connectivity index (χ1n) is 9.03. The fourth-order valence-corrected chi connectivity index (χ4v) is 3.10. The van der Waals surface area contributed by atoms with Gasteiger partial charge in [-0.05, 0) is 61.4 Å². The normalized spacial score (nSPS) is 13.4. The quantitative estimate of drug-likeness (QED) is 0.687. The highest BCUT2D eigenvalue weighted by molar-refractivity contribution is 5.62. The van der Waals surface area contributed by atoms with Gasteiger partial charge in [-0.3, -0.25) is 0 Å². The summed E-state index contributed by atoms with van der Waals surface area (Å²) in [5.74, 6) is 1.86. The van der Waals surface area contributed by atoms with Crippen LogP contribution in [0.4, 0.5) is 28.8 Å². The number of nitrogens with one attached hydrogen (secondary N) is 2. The molecule has 0 aliphatic carbocycles. The molecule has 3 aromatic rings. The molecule has 2 heterocycles. The number of methoxy groups -OCH3 is 1. The topological polar surface area (TPSA) is 75.2 Å². The third kappa shape index (κ3) is 4.25. The second-order valence-corrected chi connectivity index (χ2v) is 6.38. The summed E-state index contributed by atoms with van der Waals surface area (Å²) in [7, 11) is 1.64. The number of hydrogen-bond donors (Lipinski definition) is 2. The van der Waals surface area contributed by atoms with E-state index in [0.717, 1.165) is 30.2 Å². The molecule has 0 radical (unpaired) electrons. The molecule has 0 unspecified atom stereocenters. The number of anilines is 5. The number of aromatic nitrogens is 3. The van der Waals surface area contributed by atoms with E-state index in [9.17, 15) is 0 Å². The van der Waals surface area contributed by atoms with E-state index in [-0.39, 0.29) is 0 Å². The van der Waals surface area contributed by atoms with Crippen molar-refractivity contribution in [2.75, 3.05) is 35.7 Å². The van der Waals surface area contributed by atoms with Gasteiger partial charge >= 0.3 is 0 Å². The molecule has 138 valence electrons. The Morgan fingerprint density at radius 3 is 2.26 bits per heavy atom. The van der Waals surface area contributed by atoms with Crippen molar-refractivity contribution in [2.45, 2.75) is 12.8 Å².